The number of thiophene rings is 1. The Morgan fingerprint density at radius 2 is 1.83 bits per heavy atom. The number of ether oxygens (including phenoxy) is 2. The molecule has 0 aliphatic carbocycles. The van der Waals surface area contributed by atoms with Gasteiger partial charge in [-0.25, -0.2) is 0 Å². The standard InChI is InChI=1S/C15H22O2S/c1-6-15(4,5)14-13-12(16-7-8-17-13)11(18-14)9-10(2)3/h9H,6-8H2,1-5H3. The first-order chi connectivity index (χ1) is 8.45. The lowest BCUT2D eigenvalue weighted by Gasteiger charge is -2.24. The van der Waals surface area contributed by atoms with Crippen molar-refractivity contribution < 1.29 is 9.47 Å². The summed E-state index contributed by atoms with van der Waals surface area (Å²) in [6.45, 7) is 12.3. The molecule has 1 aliphatic rings. The average Bonchev–Trinajstić information content (AvgIpc) is 2.69. The third-order valence-electron chi connectivity index (χ3n) is 3.34. The van der Waals surface area contributed by atoms with Crippen LogP contribution in [0.25, 0.3) is 6.08 Å². The Morgan fingerprint density at radius 1 is 1.22 bits per heavy atom. The quantitative estimate of drug-likeness (QED) is 0.794. The monoisotopic (exact) mass is 266 g/mol. The van der Waals surface area contributed by atoms with E-state index in [9.17, 15) is 0 Å². The van der Waals surface area contributed by atoms with Crippen molar-refractivity contribution in [3.63, 3.8) is 0 Å². The van der Waals surface area contributed by atoms with Gasteiger partial charge in [-0.1, -0.05) is 26.3 Å². The summed E-state index contributed by atoms with van der Waals surface area (Å²) in [7, 11) is 0. The zero-order valence-corrected chi connectivity index (χ0v) is 12.7. The molecule has 0 atom stereocenters. The van der Waals surface area contributed by atoms with E-state index < -0.39 is 0 Å². The van der Waals surface area contributed by atoms with Gasteiger partial charge in [0, 0.05) is 5.41 Å². The number of hydrogen-bond donors (Lipinski definition) is 0. The molecule has 1 aliphatic heterocycles. The Balaban J connectivity index is 2.55. The largest absolute Gasteiger partial charge is 0.485 e. The van der Waals surface area contributed by atoms with E-state index in [0.29, 0.717) is 13.2 Å². The van der Waals surface area contributed by atoms with Crippen LogP contribution in [0, 0.1) is 0 Å². The highest BCUT2D eigenvalue weighted by molar-refractivity contribution is 7.13. The fraction of sp³-hybridized carbons (Fsp3) is 0.600. The number of allylic oxidation sites excluding steroid dienone is 1. The van der Waals surface area contributed by atoms with Gasteiger partial charge in [-0.15, -0.1) is 11.3 Å². The molecule has 2 heterocycles. The minimum Gasteiger partial charge on any atom is -0.485 e. The summed E-state index contributed by atoms with van der Waals surface area (Å²) in [5.74, 6) is 1.93. The van der Waals surface area contributed by atoms with Crippen LogP contribution in [-0.4, -0.2) is 13.2 Å². The Kier molecular flexibility index (Phi) is 3.71. The van der Waals surface area contributed by atoms with Crippen LogP contribution in [0.5, 0.6) is 11.5 Å². The first-order valence-electron chi connectivity index (χ1n) is 6.53. The molecule has 3 heteroatoms. The average molecular weight is 266 g/mol. The van der Waals surface area contributed by atoms with Crippen molar-refractivity contribution in [2.24, 2.45) is 0 Å². The molecule has 0 radical (unpaired) electrons. The summed E-state index contributed by atoms with van der Waals surface area (Å²) in [6.07, 6.45) is 3.28. The molecule has 1 aromatic heterocycles. The van der Waals surface area contributed by atoms with E-state index in [2.05, 4.69) is 40.7 Å². The third kappa shape index (κ3) is 2.41. The SMILES string of the molecule is CCC(C)(C)c1sc(C=C(C)C)c2c1OCCO2. The van der Waals surface area contributed by atoms with E-state index in [1.807, 2.05) is 11.3 Å². The van der Waals surface area contributed by atoms with Crippen LogP contribution in [0.2, 0.25) is 0 Å². The maximum absolute atomic E-state index is 5.86. The van der Waals surface area contributed by atoms with Gasteiger partial charge < -0.3 is 9.47 Å². The van der Waals surface area contributed by atoms with Crippen LogP contribution in [0.4, 0.5) is 0 Å². The van der Waals surface area contributed by atoms with Crippen molar-refractivity contribution >= 4 is 17.4 Å². The Hall–Kier alpha value is -0.960. The van der Waals surface area contributed by atoms with Gasteiger partial charge in [0.25, 0.3) is 0 Å². The predicted molar refractivity (Wildman–Crippen MR) is 78.0 cm³/mol. The lowest BCUT2D eigenvalue weighted by atomic mass is 9.88. The van der Waals surface area contributed by atoms with Crippen molar-refractivity contribution in [3.8, 4) is 11.5 Å². The first-order valence-corrected chi connectivity index (χ1v) is 7.35. The maximum atomic E-state index is 5.86. The molecule has 0 saturated heterocycles. The zero-order chi connectivity index (χ0) is 13.3. The highest BCUT2D eigenvalue weighted by Crippen LogP contribution is 2.50. The Bertz CT molecular complexity index is 465. The molecule has 0 N–H and O–H groups in total. The summed E-state index contributed by atoms with van der Waals surface area (Å²) in [4.78, 5) is 2.51. The van der Waals surface area contributed by atoms with E-state index in [4.69, 9.17) is 9.47 Å². The van der Waals surface area contributed by atoms with E-state index in [1.165, 1.54) is 15.3 Å². The van der Waals surface area contributed by atoms with Gasteiger partial charge in [-0.3, -0.25) is 0 Å². The predicted octanol–water partition coefficient (Wildman–Crippen LogP) is 4.63. The molecular weight excluding hydrogens is 244 g/mol. The van der Waals surface area contributed by atoms with Crippen LogP contribution < -0.4 is 9.47 Å². The molecule has 0 fully saturated rings. The fourth-order valence-electron chi connectivity index (χ4n) is 1.94. The minimum atomic E-state index is 0.142. The second-order valence-corrected chi connectivity index (χ2v) is 6.66. The summed E-state index contributed by atoms with van der Waals surface area (Å²) in [5.41, 5.74) is 1.43. The first kappa shape index (κ1) is 13.5. The molecule has 0 aromatic carbocycles. The lowest BCUT2D eigenvalue weighted by Crippen LogP contribution is -2.19. The number of hydrogen-bond acceptors (Lipinski definition) is 3. The van der Waals surface area contributed by atoms with Gasteiger partial charge in [0.15, 0.2) is 11.5 Å². The molecule has 18 heavy (non-hydrogen) atoms. The highest BCUT2D eigenvalue weighted by Gasteiger charge is 2.31. The van der Waals surface area contributed by atoms with Gasteiger partial charge in [-0.2, -0.15) is 0 Å². The topological polar surface area (TPSA) is 18.5 Å². The van der Waals surface area contributed by atoms with Gasteiger partial charge in [-0.05, 0) is 26.3 Å². The number of fused-ring (bicyclic) bond motifs is 1. The minimum absolute atomic E-state index is 0.142. The Labute approximate surface area is 114 Å². The van der Waals surface area contributed by atoms with Crippen molar-refractivity contribution in [2.45, 2.75) is 46.5 Å². The summed E-state index contributed by atoms with van der Waals surface area (Å²) >= 11 is 1.81. The van der Waals surface area contributed by atoms with Gasteiger partial charge in [0.1, 0.15) is 13.2 Å². The van der Waals surface area contributed by atoms with Crippen LogP contribution in [-0.2, 0) is 5.41 Å². The van der Waals surface area contributed by atoms with Crippen LogP contribution in [0.15, 0.2) is 5.57 Å². The van der Waals surface area contributed by atoms with Gasteiger partial charge >= 0.3 is 0 Å². The third-order valence-corrected chi connectivity index (χ3v) is 4.81. The van der Waals surface area contributed by atoms with E-state index >= 15 is 0 Å². The molecule has 0 spiro atoms. The summed E-state index contributed by atoms with van der Waals surface area (Å²) < 4.78 is 11.7. The van der Waals surface area contributed by atoms with Crippen LogP contribution in [0.3, 0.4) is 0 Å². The molecule has 0 saturated carbocycles. The van der Waals surface area contributed by atoms with E-state index in [1.54, 1.807) is 0 Å². The summed E-state index contributed by atoms with van der Waals surface area (Å²) in [5, 5.41) is 0. The van der Waals surface area contributed by atoms with Crippen molar-refractivity contribution in [2.75, 3.05) is 13.2 Å². The molecule has 2 rings (SSSR count). The van der Waals surface area contributed by atoms with Crippen LogP contribution >= 0.6 is 11.3 Å². The molecular formula is C15H22O2S. The molecule has 1 aromatic rings. The smallest absolute Gasteiger partial charge is 0.179 e. The van der Waals surface area contributed by atoms with E-state index in [0.717, 1.165) is 17.9 Å². The second kappa shape index (κ2) is 4.96. The second-order valence-electron chi connectivity index (χ2n) is 5.61. The van der Waals surface area contributed by atoms with Crippen molar-refractivity contribution in [1.82, 2.24) is 0 Å². The fourth-order valence-corrected chi connectivity index (χ4v) is 3.36. The normalized spacial score (nSPS) is 14.5. The van der Waals surface area contributed by atoms with E-state index in [-0.39, 0.29) is 5.41 Å². The molecule has 0 bridgehead atoms. The molecule has 0 amide bonds. The van der Waals surface area contributed by atoms with Crippen molar-refractivity contribution in [3.05, 3.63) is 15.3 Å². The summed E-state index contributed by atoms with van der Waals surface area (Å²) in [6, 6.07) is 0. The van der Waals surface area contributed by atoms with Gasteiger partial charge in [0.05, 0.1) is 9.75 Å². The lowest BCUT2D eigenvalue weighted by molar-refractivity contribution is 0.170. The molecule has 2 nitrogen and oxygen atoms in total. The van der Waals surface area contributed by atoms with Crippen molar-refractivity contribution in [1.29, 1.82) is 0 Å². The van der Waals surface area contributed by atoms with Gasteiger partial charge in [0.2, 0.25) is 0 Å². The molecule has 100 valence electrons. The number of rotatable bonds is 3. The molecule has 0 unspecified atom stereocenters. The Morgan fingerprint density at radius 3 is 2.39 bits per heavy atom. The zero-order valence-electron chi connectivity index (χ0n) is 11.9. The maximum Gasteiger partial charge on any atom is 0.179 e. The van der Waals surface area contributed by atoms with Crippen LogP contribution in [0.1, 0.15) is 50.8 Å². The highest BCUT2D eigenvalue weighted by atomic mass is 32.1.